The van der Waals surface area contributed by atoms with E-state index in [1.54, 1.807) is 0 Å². The van der Waals surface area contributed by atoms with Gasteiger partial charge in [0.05, 0.1) is 0 Å². The van der Waals surface area contributed by atoms with Crippen LogP contribution in [0, 0.1) is 6.92 Å². The molecule has 0 spiro atoms. The Labute approximate surface area is 124 Å². The molecule has 0 bridgehead atoms. The molecule has 1 saturated heterocycles. The minimum atomic E-state index is -0.758. The van der Waals surface area contributed by atoms with Gasteiger partial charge in [-0.1, -0.05) is 23.7 Å². The van der Waals surface area contributed by atoms with Gasteiger partial charge in [-0.25, -0.2) is 0 Å². The van der Waals surface area contributed by atoms with Crippen molar-refractivity contribution in [2.45, 2.75) is 19.4 Å². The van der Waals surface area contributed by atoms with E-state index in [9.17, 15) is 9.90 Å². The lowest BCUT2D eigenvalue weighted by Gasteiger charge is -2.36. The molecule has 0 saturated carbocycles. The fourth-order valence-corrected chi connectivity index (χ4v) is 2.70. The van der Waals surface area contributed by atoms with Gasteiger partial charge in [-0.15, -0.1) is 0 Å². The number of carbonyl (C=O) groups is 1. The number of aryl methyl sites for hydroxylation is 1. The lowest BCUT2D eigenvalue weighted by Crippen LogP contribution is -2.52. The van der Waals surface area contributed by atoms with Crippen LogP contribution in [0.2, 0.25) is 5.02 Å². The van der Waals surface area contributed by atoms with Gasteiger partial charge in [0.25, 0.3) is 0 Å². The van der Waals surface area contributed by atoms with Crippen molar-refractivity contribution in [2.75, 3.05) is 33.2 Å². The fraction of sp³-hybridized carbons (Fsp3) is 0.533. The minimum Gasteiger partial charge on any atom is -0.480 e. The van der Waals surface area contributed by atoms with Gasteiger partial charge in [-0.2, -0.15) is 0 Å². The summed E-state index contributed by atoms with van der Waals surface area (Å²) >= 11 is 6.11. The number of hydrogen-bond acceptors (Lipinski definition) is 3. The zero-order valence-corrected chi connectivity index (χ0v) is 12.7. The summed E-state index contributed by atoms with van der Waals surface area (Å²) in [6.07, 6.45) is 0.499. The predicted octanol–water partition coefficient (Wildman–Crippen LogP) is 1.89. The summed E-state index contributed by atoms with van der Waals surface area (Å²) in [7, 11) is 2.06. The standard InChI is InChI=1S/C15H21ClN2O2/c1-11-3-4-12(9-13(11)16)10-14(15(19)20)18-7-5-17(2)6-8-18/h3-4,9,14H,5-8,10H2,1-2H3,(H,19,20). The second-order valence-corrected chi connectivity index (χ2v) is 5.89. The molecule has 1 unspecified atom stereocenters. The van der Waals surface area contributed by atoms with Gasteiger partial charge in [0.1, 0.15) is 6.04 Å². The maximum atomic E-state index is 11.5. The zero-order valence-electron chi connectivity index (χ0n) is 12.0. The third kappa shape index (κ3) is 3.72. The third-order valence-electron chi connectivity index (χ3n) is 3.93. The molecular formula is C15H21ClN2O2. The second kappa shape index (κ2) is 6.57. The van der Waals surface area contributed by atoms with Crippen LogP contribution in [-0.2, 0) is 11.2 Å². The highest BCUT2D eigenvalue weighted by Crippen LogP contribution is 2.19. The van der Waals surface area contributed by atoms with Crippen molar-refractivity contribution in [3.05, 3.63) is 34.3 Å². The number of carboxylic acids is 1. The van der Waals surface area contributed by atoms with Crippen LogP contribution in [0.5, 0.6) is 0 Å². The molecule has 1 heterocycles. The lowest BCUT2D eigenvalue weighted by molar-refractivity contribution is -0.144. The van der Waals surface area contributed by atoms with E-state index in [-0.39, 0.29) is 0 Å². The van der Waals surface area contributed by atoms with Crippen molar-refractivity contribution in [3.8, 4) is 0 Å². The normalized spacial score (nSPS) is 18.9. The smallest absolute Gasteiger partial charge is 0.321 e. The first-order valence-electron chi connectivity index (χ1n) is 6.88. The number of hydrogen-bond donors (Lipinski definition) is 1. The topological polar surface area (TPSA) is 43.8 Å². The van der Waals surface area contributed by atoms with Crippen molar-refractivity contribution in [3.63, 3.8) is 0 Å². The first-order valence-corrected chi connectivity index (χ1v) is 7.25. The predicted molar refractivity (Wildman–Crippen MR) is 80.4 cm³/mol. The monoisotopic (exact) mass is 296 g/mol. The first kappa shape index (κ1) is 15.3. The number of benzene rings is 1. The molecule has 1 fully saturated rings. The van der Waals surface area contributed by atoms with Crippen LogP contribution in [-0.4, -0.2) is 60.1 Å². The Hall–Kier alpha value is -1.10. The molecule has 1 aromatic rings. The Morgan fingerprint density at radius 2 is 2.00 bits per heavy atom. The summed E-state index contributed by atoms with van der Waals surface area (Å²) in [5.74, 6) is -0.758. The Kier molecular flexibility index (Phi) is 5.02. The summed E-state index contributed by atoms with van der Waals surface area (Å²) < 4.78 is 0. The van der Waals surface area contributed by atoms with Crippen molar-refractivity contribution in [2.24, 2.45) is 0 Å². The number of halogens is 1. The molecule has 1 N–H and O–H groups in total. The molecule has 5 heteroatoms. The van der Waals surface area contributed by atoms with Crippen LogP contribution >= 0.6 is 11.6 Å². The molecular weight excluding hydrogens is 276 g/mol. The summed E-state index contributed by atoms with van der Waals surface area (Å²) in [6.45, 7) is 5.37. The molecule has 1 aromatic carbocycles. The number of piperazine rings is 1. The molecule has 1 atom stereocenters. The molecule has 2 rings (SSSR count). The van der Waals surface area contributed by atoms with Crippen LogP contribution < -0.4 is 0 Å². The average molecular weight is 297 g/mol. The van der Waals surface area contributed by atoms with Crippen LogP contribution in [0.3, 0.4) is 0 Å². The third-order valence-corrected chi connectivity index (χ3v) is 4.34. The number of carboxylic acid groups (broad SMARTS) is 1. The summed E-state index contributed by atoms with van der Waals surface area (Å²) in [5.41, 5.74) is 1.99. The van der Waals surface area contributed by atoms with E-state index in [1.165, 1.54) is 0 Å². The van der Waals surface area contributed by atoms with Gasteiger partial charge in [0, 0.05) is 31.2 Å². The quantitative estimate of drug-likeness (QED) is 0.921. The van der Waals surface area contributed by atoms with Crippen LogP contribution in [0.4, 0.5) is 0 Å². The molecule has 0 amide bonds. The summed E-state index contributed by atoms with van der Waals surface area (Å²) in [6, 6.07) is 5.32. The largest absolute Gasteiger partial charge is 0.480 e. The molecule has 1 aliphatic rings. The highest BCUT2D eigenvalue weighted by atomic mass is 35.5. The van der Waals surface area contributed by atoms with Gasteiger partial charge in [0.2, 0.25) is 0 Å². The van der Waals surface area contributed by atoms with Gasteiger partial charge in [-0.05, 0) is 37.6 Å². The number of nitrogens with zero attached hydrogens (tertiary/aromatic N) is 2. The molecule has 0 aliphatic carbocycles. The number of likely N-dealkylation sites (N-methyl/N-ethyl adjacent to an activating group) is 1. The van der Waals surface area contributed by atoms with Crippen LogP contribution in [0.15, 0.2) is 18.2 Å². The molecule has 4 nitrogen and oxygen atoms in total. The van der Waals surface area contributed by atoms with Gasteiger partial charge >= 0.3 is 5.97 Å². The van der Waals surface area contributed by atoms with E-state index in [0.29, 0.717) is 11.4 Å². The Balaban J connectivity index is 2.09. The van der Waals surface area contributed by atoms with Gasteiger partial charge in [-0.3, -0.25) is 9.69 Å². The van der Waals surface area contributed by atoms with Crippen molar-refractivity contribution >= 4 is 17.6 Å². The average Bonchev–Trinajstić information content (AvgIpc) is 2.41. The highest BCUT2D eigenvalue weighted by molar-refractivity contribution is 6.31. The number of aliphatic carboxylic acids is 1. The van der Waals surface area contributed by atoms with E-state index in [0.717, 1.165) is 37.3 Å². The van der Waals surface area contributed by atoms with E-state index < -0.39 is 12.0 Å². The lowest BCUT2D eigenvalue weighted by atomic mass is 10.0. The molecule has 0 aromatic heterocycles. The molecule has 1 aliphatic heterocycles. The second-order valence-electron chi connectivity index (χ2n) is 5.48. The Morgan fingerprint density at radius 3 is 2.55 bits per heavy atom. The van der Waals surface area contributed by atoms with E-state index in [2.05, 4.69) is 16.8 Å². The highest BCUT2D eigenvalue weighted by Gasteiger charge is 2.28. The SMILES string of the molecule is Cc1ccc(CC(C(=O)O)N2CCN(C)CC2)cc1Cl. The summed E-state index contributed by atoms with van der Waals surface area (Å²) in [5, 5.41) is 10.2. The van der Waals surface area contributed by atoms with Crippen LogP contribution in [0.25, 0.3) is 0 Å². The van der Waals surface area contributed by atoms with Crippen molar-refractivity contribution < 1.29 is 9.90 Å². The Morgan fingerprint density at radius 1 is 1.35 bits per heavy atom. The zero-order chi connectivity index (χ0) is 14.7. The molecule has 20 heavy (non-hydrogen) atoms. The maximum absolute atomic E-state index is 11.5. The van der Waals surface area contributed by atoms with Crippen LogP contribution in [0.1, 0.15) is 11.1 Å². The molecule has 110 valence electrons. The van der Waals surface area contributed by atoms with E-state index in [1.807, 2.05) is 25.1 Å². The van der Waals surface area contributed by atoms with Crippen molar-refractivity contribution in [1.82, 2.24) is 9.80 Å². The molecule has 0 radical (unpaired) electrons. The summed E-state index contributed by atoms with van der Waals surface area (Å²) in [4.78, 5) is 15.8. The first-order chi connectivity index (χ1) is 9.47. The van der Waals surface area contributed by atoms with Gasteiger partial charge < -0.3 is 10.0 Å². The van der Waals surface area contributed by atoms with Crippen molar-refractivity contribution in [1.29, 1.82) is 0 Å². The number of rotatable bonds is 4. The fourth-order valence-electron chi connectivity index (χ4n) is 2.49. The van der Waals surface area contributed by atoms with Gasteiger partial charge in [0.15, 0.2) is 0 Å². The minimum absolute atomic E-state index is 0.470. The maximum Gasteiger partial charge on any atom is 0.321 e. The van der Waals surface area contributed by atoms with E-state index >= 15 is 0 Å². The van der Waals surface area contributed by atoms with E-state index in [4.69, 9.17) is 11.6 Å². The Bertz CT molecular complexity index is 485.